The molecule has 0 aromatic heterocycles. The number of hydrogen-bond acceptors (Lipinski definition) is 2. The summed E-state index contributed by atoms with van der Waals surface area (Å²) in [5.74, 6) is -0.811. The first-order valence-corrected chi connectivity index (χ1v) is 4.60. The van der Waals surface area contributed by atoms with Crippen LogP contribution < -0.4 is 5.73 Å². The van der Waals surface area contributed by atoms with Crippen LogP contribution in [0.3, 0.4) is 0 Å². The summed E-state index contributed by atoms with van der Waals surface area (Å²) in [6, 6.07) is 0. The quantitative estimate of drug-likeness (QED) is 0.639. The predicted molar refractivity (Wildman–Crippen MR) is 48.9 cm³/mol. The third-order valence-corrected chi connectivity index (χ3v) is 2.29. The fourth-order valence-electron chi connectivity index (χ4n) is 1.56. The van der Waals surface area contributed by atoms with Crippen LogP contribution in [0.1, 0.15) is 33.1 Å². The Bertz CT molecular complexity index is 136. The maximum atomic E-state index is 10.8. The zero-order valence-corrected chi connectivity index (χ0v) is 7.92. The molecule has 0 aromatic carbocycles. The summed E-state index contributed by atoms with van der Waals surface area (Å²) in [5.41, 5.74) is 5.51. The zero-order valence-electron chi connectivity index (χ0n) is 7.92. The Labute approximate surface area is 74.0 Å². The average Bonchev–Trinajstić information content (AvgIpc) is 2.03. The average molecular weight is 173 g/mol. The minimum absolute atomic E-state index is 0.150. The summed E-state index contributed by atoms with van der Waals surface area (Å²) in [6.45, 7) is 4.44. The van der Waals surface area contributed by atoms with E-state index in [2.05, 4.69) is 6.92 Å². The monoisotopic (exact) mass is 173 g/mol. The van der Waals surface area contributed by atoms with E-state index in [0.29, 0.717) is 13.0 Å². The fraction of sp³-hybridized carbons (Fsp3) is 0.889. The van der Waals surface area contributed by atoms with Crippen LogP contribution >= 0.6 is 0 Å². The predicted octanol–water partition coefficient (Wildman–Crippen LogP) is 1.47. The summed E-state index contributed by atoms with van der Waals surface area (Å²) in [6.07, 6.45) is 2.60. The molecule has 0 rings (SSSR count). The molecule has 0 amide bonds. The lowest BCUT2D eigenvalue weighted by molar-refractivity contribution is -0.143. The molecular weight excluding hydrogens is 154 g/mol. The summed E-state index contributed by atoms with van der Waals surface area (Å²) < 4.78 is 0. The Morgan fingerprint density at radius 3 is 2.33 bits per heavy atom. The molecular formula is C9H19NO2. The van der Waals surface area contributed by atoms with Crippen LogP contribution in [-0.4, -0.2) is 17.6 Å². The van der Waals surface area contributed by atoms with Crippen LogP contribution in [0.4, 0.5) is 0 Å². The van der Waals surface area contributed by atoms with Gasteiger partial charge in [0, 0.05) is 0 Å². The van der Waals surface area contributed by atoms with Gasteiger partial charge in [0.1, 0.15) is 0 Å². The molecule has 0 aliphatic carbocycles. The zero-order chi connectivity index (χ0) is 9.56. The van der Waals surface area contributed by atoms with Crippen molar-refractivity contribution in [1.82, 2.24) is 0 Å². The lowest BCUT2D eigenvalue weighted by Crippen LogP contribution is -2.28. The number of carbonyl (C=O) groups is 1. The van der Waals surface area contributed by atoms with Crippen molar-refractivity contribution < 1.29 is 9.90 Å². The standard InChI is InChI=1S/C9H19NO2/c1-3-5-7(6-10)8(4-2)9(11)12/h7-8H,3-6,10H2,1-2H3,(H,11,12)/t7?,8-/m1/s1. The molecule has 0 radical (unpaired) electrons. The van der Waals surface area contributed by atoms with Gasteiger partial charge in [-0.1, -0.05) is 20.3 Å². The Kier molecular flexibility index (Phi) is 5.72. The highest BCUT2D eigenvalue weighted by Gasteiger charge is 2.24. The van der Waals surface area contributed by atoms with Gasteiger partial charge in [0.05, 0.1) is 5.92 Å². The Morgan fingerprint density at radius 1 is 1.50 bits per heavy atom. The first kappa shape index (κ1) is 11.4. The van der Waals surface area contributed by atoms with E-state index in [1.807, 2.05) is 6.92 Å². The second kappa shape index (κ2) is 6.00. The van der Waals surface area contributed by atoms with Crippen LogP contribution in [0.25, 0.3) is 0 Å². The molecule has 0 saturated carbocycles. The summed E-state index contributed by atoms with van der Waals surface area (Å²) >= 11 is 0. The highest BCUT2D eigenvalue weighted by molar-refractivity contribution is 5.70. The minimum Gasteiger partial charge on any atom is -0.481 e. The van der Waals surface area contributed by atoms with E-state index >= 15 is 0 Å². The number of aliphatic carboxylic acids is 1. The molecule has 0 aliphatic rings. The van der Waals surface area contributed by atoms with Crippen LogP contribution in [0, 0.1) is 11.8 Å². The van der Waals surface area contributed by atoms with E-state index in [-0.39, 0.29) is 11.8 Å². The molecule has 0 fully saturated rings. The van der Waals surface area contributed by atoms with Crippen LogP contribution in [0.5, 0.6) is 0 Å². The smallest absolute Gasteiger partial charge is 0.306 e. The van der Waals surface area contributed by atoms with Gasteiger partial charge in [-0.25, -0.2) is 0 Å². The molecule has 3 heteroatoms. The van der Waals surface area contributed by atoms with E-state index in [4.69, 9.17) is 10.8 Å². The van der Waals surface area contributed by atoms with E-state index < -0.39 is 5.97 Å². The van der Waals surface area contributed by atoms with Gasteiger partial charge in [0.2, 0.25) is 0 Å². The van der Waals surface area contributed by atoms with Crippen molar-refractivity contribution in [3.8, 4) is 0 Å². The molecule has 3 nitrogen and oxygen atoms in total. The first-order valence-electron chi connectivity index (χ1n) is 4.60. The van der Waals surface area contributed by atoms with E-state index in [1.54, 1.807) is 0 Å². The lowest BCUT2D eigenvalue weighted by Gasteiger charge is -2.20. The summed E-state index contributed by atoms with van der Waals surface area (Å²) in [7, 11) is 0. The van der Waals surface area contributed by atoms with E-state index in [9.17, 15) is 4.79 Å². The topological polar surface area (TPSA) is 63.3 Å². The Morgan fingerprint density at radius 2 is 2.08 bits per heavy atom. The fourth-order valence-corrected chi connectivity index (χ4v) is 1.56. The highest BCUT2D eigenvalue weighted by atomic mass is 16.4. The van der Waals surface area contributed by atoms with E-state index in [1.165, 1.54) is 0 Å². The maximum absolute atomic E-state index is 10.8. The van der Waals surface area contributed by atoms with Gasteiger partial charge in [0.25, 0.3) is 0 Å². The van der Waals surface area contributed by atoms with Crippen molar-refractivity contribution >= 4 is 5.97 Å². The molecule has 0 aromatic rings. The van der Waals surface area contributed by atoms with Crippen molar-refractivity contribution in [1.29, 1.82) is 0 Å². The normalized spacial score (nSPS) is 15.6. The minimum atomic E-state index is -0.707. The van der Waals surface area contributed by atoms with Crippen LogP contribution in [0.2, 0.25) is 0 Å². The summed E-state index contributed by atoms with van der Waals surface area (Å²) in [4.78, 5) is 10.8. The SMILES string of the molecule is CCCC(CN)[C@@H](CC)C(=O)O. The van der Waals surface area contributed by atoms with Gasteiger partial charge in [-0.2, -0.15) is 0 Å². The third-order valence-electron chi connectivity index (χ3n) is 2.29. The molecule has 0 bridgehead atoms. The Hall–Kier alpha value is -0.570. The Balaban J connectivity index is 4.12. The summed E-state index contributed by atoms with van der Waals surface area (Å²) in [5, 5.41) is 8.85. The first-order chi connectivity index (χ1) is 5.67. The van der Waals surface area contributed by atoms with Crippen molar-refractivity contribution in [3.05, 3.63) is 0 Å². The molecule has 0 spiro atoms. The van der Waals surface area contributed by atoms with Gasteiger partial charge in [0.15, 0.2) is 0 Å². The molecule has 0 heterocycles. The molecule has 2 atom stereocenters. The van der Waals surface area contributed by atoms with Crippen molar-refractivity contribution in [2.75, 3.05) is 6.54 Å². The van der Waals surface area contributed by atoms with Crippen LogP contribution in [0.15, 0.2) is 0 Å². The van der Waals surface area contributed by atoms with Gasteiger partial charge in [-0.05, 0) is 25.3 Å². The van der Waals surface area contributed by atoms with Crippen molar-refractivity contribution in [2.45, 2.75) is 33.1 Å². The number of nitrogens with two attached hydrogens (primary N) is 1. The highest BCUT2D eigenvalue weighted by Crippen LogP contribution is 2.19. The number of carboxylic acid groups (broad SMARTS) is 1. The lowest BCUT2D eigenvalue weighted by atomic mass is 9.87. The van der Waals surface area contributed by atoms with Gasteiger partial charge < -0.3 is 10.8 Å². The second-order valence-corrected chi connectivity index (χ2v) is 3.14. The molecule has 12 heavy (non-hydrogen) atoms. The second-order valence-electron chi connectivity index (χ2n) is 3.14. The number of carboxylic acids is 1. The van der Waals surface area contributed by atoms with Gasteiger partial charge >= 0.3 is 5.97 Å². The van der Waals surface area contributed by atoms with Gasteiger partial charge in [-0.15, -0.1) is 0 Å². The van der Waals surface area contributed by atoms with Crippen LogP contribution in [-0.2, 0) is 4.79 Å². The molecule has 72 valence electrons. The maximum Gasteiger partial charge on any atom is 0.306 e. The van der Waals surface area contributed by atoms with Gasteiger partial charge in [-0.3, -0.25) is 4.79 Å². The largest absolute Gasteiger partial charge is 0.481 e. The molecule has 1 unspecified atom stereocenters. The van der Waals surface area contributed by atoms with E-state index in [0.717, 1.165) is 12.8 Å². The van der Waals surface area contributed by atoms with Crippen molar-refractivity contribution in [2.24, 2.45) is 17.6 Å². The molecule has 0 saturated heterocycles. The number of hydrogen-bond donors (Lipinski definition) is 2. The molecule has 0 aliphatic heterocycles. The number of rotatable bonds is 6. The van der Waals surface area contributed by atoms with Crippen molar-refractivity contribution in [3.63, 3.8) is 0 Å². The molecule has 3 N–H and O–H groups in total. The third kappa shape index (κ3) is 3.22.